The van der Waals surface area contributed by atoms with Gasteiger partial charge in [0.15, 0.2) is 0 Å². The van der Waals surface area contributed by atoms with Crippen LogP contribution in [0.4, 0.5) is 0 Å². The van der Waals surface area contributed by atoms with E-state index in [1.165, 1.54) is 14.0 Å². The SMILES string of the molecule is C=N.COC(=O)c1ccc(Br)c(CNC(C)=O)c1. The molecule has 98 valence electrons. The molecule has 18 heavy (non-hydrogen) atoms. The second kappa shape index (κ2) is 8.41. The van der Waals surface area contributed by atoms with Crippen molar-refractivity contribution in [3.05, 3.63) is 33.8 Å². The number of methoxy groups -OCH3 is 1. The predicted octanol–water partition coefficient (Wildman–Crippen LogP) is 2.14. The quantitative estimate of drug-likeness (QED) is 0.662. The molecule has 0 bridgehead atoms. The second-order valence-corrected chi connectivity index (χ2v) is 4.06. The van der Waals surface area contributed by atoms with Gasteiger partial charge < -0.3 is 15.5 Å². The van der Waals surface area contributed by atoms with E-state index in [0.29, 0.717) is 12.1 Å². The molecule has 0 aliphatic heterocycles. The lowest BCUT2D eigenvalue weighted by Gasteiger charge is -2.07. The first-order valence-electron chi connectivity index (χ1n) is 5.01. The third-order valence-electron chi connectivity index (χ3n) is 1.99. The lowest BCUT2D eigenvalue weighted by atomic mass is 10.1. The van der Waals surface area contributed by atoms with Crippen LogP contribution >= 0.6 is 15.9 Å². The fourth-order valence-corrected chi connectivity index (χ4v) is 1.56. The zero-order valence-corrected chi connectivity index (χ0v) is 11.8. The highest BCUT2D eigenvalue weighted by molar-refractivity contribution is 9.10. The Bertz CT molecular complexity index is 435. The molecule has 0 spiro atoms. The molecular formula is C12H15BrN2O3. The van der Waals surface area contributed by atoms with Crippen LogP contribution < -0.4 is 5.32 Å². The van der Waals surface area contributed by atoms with Gasteiger partial charge in [-0.1, -0.05) is 15.9 Å². The molecule has 0 radical (unpaired) electrons. The van der Waals surface area contributed by atoms with Crippen molar-refractivity contribution in [2.45, 2.75) is 13.5 Å². The number of esters is 1. The summed E-state index contributed by atoms with van der Waals surface area (Å²) in [4.78, 5) is 22.1. The summed E-state index contributed by atoms with van der Waals surface area (Å²) >= 11 is 3.35. The first-order valence-corrected chi connectivity index (χ1v) is 5.80. The van der Waals surface area contributed by atoms with E-state index < -0.39 is 5.97 Å². The van der Waals surface area contributed by atoms with Gasteiger partial charge in [0.2, 0.25) is 5.91 Å². The van der Waals surface area contributed by atoms with Crippen molar-refractivity contribution in [1.82, 2.24) is 5.32 Å². The Kier molecular flexibility index (Phi) is 7.62. The summed E-state index contributed by atoms with van der Waals surface area (Å²) in [5.74, 6) is -0.507. The summed E-state index contributed by atoms with van der Waals surface area (Å²) in [5, 5.41) is 8.17. The number of rotatable bonds is 3. The number of carbonyl (C=O) groups is 2. The first-order chi connectivity index (χ1) is 8.54. The van der Waals surface area contributed by atoms with Crippen LogP contribution in [0.3, 0.4) is 0 Å². The fourth-order valence-electron chi connectivity index (χ4n) is 1.17. The minimum absolute atomic E-state index is 0.115. The summed E-state index contributed by atoms with van der Waals surface area (Å²) in [7, 11) is 1.33. The maximum atomic E-state index is 11.3. The topological polar surface area (TPSA) is 79.2 Å². The van der Waals surface area contributed by atoms with Gasteiger partial charge in [0, 0.05) is 17.9 Å². The van der Waals surface area contributed by atoms with E-state index in [1.54, 1.807) is 18.2 Å². The van der Waals surface area contributed by atoms with Crippen LogP contribution in [0, 0.1) is 5.41 Å². The van der Waals surface area contributed by atoms with Crippen LogP contribution in [0.25, 0.3) is 0 Å². The van der Waals surface area contributed by atoms with Gasteiger partial charge in [0.25, 0.3) is 0 Å². The Labute approximate surface area is 114 Å². The number of halogens is 1. The third kappa shape index (κ3) is 5.09. The highest BCUT2D eigenvalue weighted by Gasteiger charge is 2.08. The number of benzene rings is 1. The Morgan fingerprint density at radius 3 is 2.56 bits per heavy atom. The van der Waals surface area contributed by atoms with Gasteiger partial charge in [-0.2, -0.15) is 0 Å². The van der Waals surface area contributed by atoms with E-state index in [0.717, 1.165) is 10.0 Å². The number of amides is 1. The predicted molar refractivity (Wildman–Crippen MR) is 72.8 cm³/mol. The second-order valence-electron chi connectivity index (χ2n) is 3.21. The molecule has 1 amide bonds. The molecule has 1 aromatic rings. The third-order valence-corrected chi connectivity index (χ3v) is 2.77. The van der Waals surface area contributed by atoms with Crippen molar-refractivity contribution in [3.63, 3.8) is 0 Å². The molecule has 0 aliphatic rings. The number of carbonyl (C=O) groups excluding carboxylic acids is 2. The minimum Gasteiger partial charge on any atom is -0.465 e. The average Bonchev–Trinajstić information content (AvgIpc) is 2.39. The molecule has 5 nitrogen and oxygen atoms in total. The van der Waals surface area contributed by atoms with E-state index in [1.807, 2.05) is 0 Å². The largest absolute Gasteiger partial charge is 0.465 e. The molecule has 1 aromatic carbocycles. The zero-order valence-electron chi connectivity index (χ0n) is 10.2. The molecular weight excluding hydrogens is 300 g/mol. The van der Waals surface area contributed by atoms with Crippen LogP contribution in [0.1, 0.15) is 22.8 Å². The molecule has 0 aromatic heterocycles. The smallest absolute Gasteiger partial charge is 0.337 e. The van der Waals surface area contributed by atoms with Crippen LogP contribution in [-0.4, -0.2) is 25.7 Å². The van der Waals surface area contributed by atoms with Gasteiger partial charge in [-0.25, -0.2) is 4.79 Å². The van der Waals surface area contributed by atoms with E-state index in [-0.39, 0.29) is 5.91 Å². The molecule has 0 aliphatic carbocycles. The molecule has 0 heterocycles. The maximum Gasteiger partial charge on any atom is 0.337 e. The molecule has 0 atom stereocenters. The van der Waals surface area contributed by atoms with E-state index in [9.17, 15) is 9.59 Å². The average molecular weight is 315 g/mol. The van der Waals surface area contributed by atoms with Crippen molar-refractivity contribution in [1.29, 1.82) is 5.41 Å². The normalized spacial score (nSPS) is 8.83. The van der Waals surface area contributed by atoms with Gasteiger partial charge in [-0.05, 0) is 30.5 Å². The summed E-state index contributed by atoms with van der Waals surface area (Å²) in [6, 6.07) is 5.10. The molecule has 0 saturated carbocycles. The van der Waals surface area contributed by atoms with Gasteiger partial charge in [0.05, 0.1) is 12.7 Å². The first kappa shape index (κ1) is 16.3. The summed E-state index contributed by atoms with van der Waals surface area (Å²) in [6.45, 7) is 4.32. The fraction of sp³-hybridized carbons (Fsp3) is 0.250. The van der Waals surface area contributed by atoms with Gasteiger partial charge in [-0.15, -0.1) is 0 Å². The molecule has 1 rings (SSSR count). The Balaban J connectivity index is 0.00000137. The maximum absolute atomic E-state index is 11.3. The van der Waals surface area contributed by atoms with Gasteiger partial charge in [-0.3, -0.25) is 4.79 Å². The zero-order chi connectivity index (χ0) is 14.1. The monoisotopic (exact) mass is 314 g/mol. The van der Waals surface area contributed by atoms with Crippen molar-refractivity contribution >= 4 is 34.5 Å². The van der Waals surface area contributed by atoms with Crippen molar-refractivity contribution in [2.24, 2.45) is 0 Å². The van der Waals surface area contributed by atoms with E-state index >= 15 is 0 Å². The Morgan fingerprint density at radius 1 is 1.44 bits per heavy atom. The van der Waals surface area contributed by atoms with Crippen molar-refractivity contribution in [3.8, 4) is 0 Å². The van der Waals surface area contributed by atoms with E-state index in [4.69, 9.17) is 5.41 Å². The van der Waals surface area contributed by atoms with Crippen LogP contribution in [0.5, 0.6) is 0 Å². The van der Waals surface area contributed by atoms with Crippen molar-refractivity contribution in [2.75, 3.05) is 7.11 Å². The summed E-state index contributed by atoms with van der Waals surface area (Å²) in [6.07, 6.45) is 0. The summed E-state index contributed by atoms with van der Waals surface area (Å²) < 4.78 is 5.46. The summed E-state index contributed by atoms with van der Waals surface area (Å²) in [5.41, 5.74) is 1.30. The van der Waals surface area contributed by atoms with Crippen LogP contribution in [-0.2, 0) is 16.1 Å². The highest BCUT2D eigenvalue weighted by Crippen LogP contribution is 2.18. The lowest BCUT2D eigenvalue weighted by molar-refractivity contribution is -0.119. The molecule has 0 unspecified atom stereocenters. The standard InChI is InChI=1S/C11H12BrNO3.CH3N/c1-7(14)13-6-9-5-8(11(15)16-2)3-4-10(9)12;1-2/h3-5H,6H2,1-2H3,(H,13,14);2H,1H2. The number of hydrogen-bond acceptors (Lipinski definition) is 4. The highest BCUT2D eigenvalue weighted by atomic mass is 79.9. The van der Waals surface area contributed by atoms with Gasteiger partial charge in [0.1, 0.15) is 0 Å². The number of hydrogen-bond donors (Lipinski definition) is 2. The Morgan fingerprint density at radius 2 is 2.06 bits per heavy atom. The van der Waals surface area contributed by atoms with E-state index in [2.05, 4.69) is 32.7 Å². The Hall–Kier alpha value is -1.69. The molecule has 6 heteroatoms. The van der Waals surface area contributed by atoms with Gasteiger partial charge >= 0.3 is 5.97 Å². The molecule has 2 N–H and O–H groups in total. The minimum atomic E-state index is -0.392. The van der Waals surface area contributed by atoms with Crippen molar-refractivity contribution < 1.29 is 14.3 Å². The lowest BCUT2D eigenvalue weighted by Crippen LogP contribution is -2.19. The molecule has 0 saturated heterocycles. The van der Waals surface area contributed by atoms with Crippen LogP contribution in [0.15, 0.2) is 22.7 Å². The van der Waals surface area contributed by atoms with Crippen LogP contribution in [0.2, 0.25) is 0 Å². The molecule has 0 fully saturated rings. The number of ether oxygens (including phenoxy) is 1. The number of nitrogens with one attached hydrogen (secondary N) is 2.